The molecule has 0 atom stereocenters. The zero-order valence-electron chi connectivity index (χ0n) is 16.6. The molecule has 1 heterocycles. The fourth-order valence-electron chi connectivity index (χ4n) is 3.22. The third kappa shape index (κ3) is 4.00. The van der Waals surface area contributed by atoms with Crippen molar-refractivity contribution in [2.75, 3.05) is 21.3 Å². The van der Waals surface area contributed by atoms with Crippen LogP contribution in [0.25, 0.3) is 10.1 Å². The van der Waals surface area contributed by atoms with Crippen LogP contribution in [0.5, 0.6) is 28.7 Å². The third-order valence-electron chi connectivity index (χ3n) is 4.70. The highest BCUT2D eigenvalue weighted by Crippen LogP contribution is 2.45. The Morgan fingerprint density at radius 1 is 0.724 bits per heavy atom. The maximum Gasteiger partial charge on any atom is 0.162 e. The van der Waals surface area contributed by atoms with Crippen LogP contribution in [0.4, 0.5) is 0 Å². The summed E-state index contributed by atoms with van der Waals surface area (Å²) in [6.07, 6.45) is 0.788. The van der Waals surface area contributed by atoms with E-state index in [0.717, 1.165) is 38.6 Å². The Hall–Kier alpha value is -3.18. The van der Waals surface area contributed by atoms with Crippen LogP contribution in [-0.4, -0.2) is 21.3 Å². The van der Waals surface area contributed by atoms with Gasteiger partial charge in [-0.1, -0.05) is 30.3 Å². The number of hydrogen-bond donors (Lipinski definition) is 0. The zero-order chi connectivity index (χ0) is 20.2. The van der Waals surface area contributed by atoms with Gasteiger partial charge in [-0.15, -0.1) is 11.3 Å². The molecule has 0 aliphatic heterocycles. The Kier molecular flexibility index (Phi) is 5.58. The summed E-state index contributed by atoms with van der Waals surface area (Å²) in [5.41, 5.74) is 1.23. The van der Waals surface area contributed by atoms with E-state index in [4.69, 9.17) is 18.9 Å². The second-order valence-corrected chi connectivity index (χ2v) is 7.63. The van der Waals surface area contributed by atoms with Crippen LogP contribution < -0.4 is 18.9 Å². The summed E-state index contributed by atoms with van der Waals surface area (Å²) >= 11 is 1.71. The Balaban J connectivity index is 1.81. The second kappa shape index (κ2) is 8.45. The lowest BCUT2D eigenvalue weighted by Crippen LogP contribution is -1.92. The first-order valence-corrected chi connectivity index (χ1v) is 10.1. The molecular formula is C24H22O4S. The second-order valence-electron chi connectivity index (χ2n) is 6.50. The highest BCUT2D eigenvalue weighted by Gasteiger charge is 2.18. The number of ether oxygens (including phenoxy) is 4. The first kappa shape index (κ1) is 19.2. The minimum atomic E-state index is 0.684. The summed E-state index contributed by atoms with van der Waals surface area (Å²) in [6, 6.07) is 22.0. The van der Waals surface area contributed by atoms with Gasteiger partial charge >= 0.3 is 0 Å². The minimum absolute atomic E-state index is 0.684. The number of rotatable bonds is 7. The molecule has 0 amide bonds. The number of benzene rings is 3. The molecule has 4 rings (SSSR count). The Morgan fingerprint density at radius 3 is 2.03 bits per heavy atom. The predicted molar refractivity (Wildman–Crippen MR) is 117 cm³/mol. The molecule has 0 unspecified atom stereocenters. The van der Waals surface area contributed by atoms with Crippen molar-refractivity contribution in [3.63, 3.8) is 0 Å². The molecule has 4 nitrogen and oxygen atoms in total. The summed E-state index contributed by atoms with van der Waals surface area (Å²) < 4.78 is 23.7. The fraction of sp³-hybridized carbons (Fsp3) is 0.167. The number of methoxy groups -OCH3 is 3. The smallest absolute Gasteiger partial charge is 0.162 e. The van der Waals surface area contributed by atoms with Crippen LogP contribution in [0.3, 0.4) is 0 Å². The van der Waals surface area contributed by atoms with Crippen molar-refractivity contribution < 1.29 is 18.9 Å². The first-order valence-electron chi connectivity index (χ1n) is 9.25. The molecular weight excluding hydrogens is 384 g/mol. The Bertz CT molecular complexity index is 1100. The average molecular weight is 407 g/mol. The van der Waals surface area contributed by atoms with E-state index < -0.39 is 0 Å². The van der Waals surface area contributed by atoms with E-state index >= 15 is 0 Å². The van der Waals surface area contributed by atoms with Gasteiger partial charge in [-0.3, -0.25) is 0 Å². The number of fused-ring (bicyclic) bond motifs is 1. The molecule has 0 aliphatic rings. The topological polar surface area (TPSA) is 36.9 Å². The van der Waals surface area contributed by atoms with E-state index in [0.29, 0.717) is 11.5 Å². The van der Waals surface area contributed by atoms with Crippen molar-refractivity contribution in [1.82, 2.24) is 0 Å². The van der Waals surface area contributed by atoms with Crippen LogP contribution in [0.15, 0.2) is 66.7 Å². The maximum atomic E-state index is 6.37. The molecule has 0 bridgehead atoms. The molecule has 5 heteroatoms. The molecule has 0 radical (unpaired) electrons. The molecule has 3 aromatic carbocycles. The van der Waals surface area contributed by atoms with Crippen molar-refractivity contribution in [3.05, 3.63) is 77.2 Å². The van der Waals surface area contributed by atoms with Gasteiger partial charge in [-0.25, -0.2) is 0 Å². The van der Waals surface area contributed by atoms with Gasteiger partial charge < -0.3 is 18.9 Å². The highest BCUT2D eigenvalue weighted by atomic mass is 32.1. The highest BCUT2D eigenvalue weighted by molar-refractivity contribution is 7.19. The van der Waals surface area contributed by atoms with Crippen molar-refractivity contribution in [3.8, 4) is 28.7 Å². The van der Waals surface area contributed by atoms with Crippen LogP contribution in [-0.2, 0) is 6.42 Å². The van der Waals surface area contributed by atoms with Gasteiger partial charge in [0.2, 0.25) is 0 Å². The first-order chi connectivity index (χ1) is 14.2. The van der Waals surface area contributed by atoms with E-state index in [1.807, 2.05) is 42.5 Å². The van der Waals surface area contributed by atoms with Gasteiger partial charge in [0.25, 0.3) is 0 Å². The van der Waals surface area contributed by atoms with Crippen molar-refractivity contribution in [1.29, 1.82) is 0 Å². The van der Waals surface area contributed by atoms with Crippen molar-refractivity contribution in [2.45, 2.75) is 6.42 Å². The number of hydrogen-bond acceptors (Lipinski definition) is 5. The fourth-order valence-corrected chi connectivity index (χ4v) is 4.40. The van der Waals surface area contributed by atoms with E-state index in [-0.39, 0.29) is 0 Å². The molecule has 29 heavy (non-hydrogen) atoms. The van der Waals surface area contributed by atoms with E-state index in [1.54, 1.807) is 32.7 Å². The van der Waals surface area contributed by atoms with Gasteiger partial charge in [-0.05, 0) is 35.9 Å². The van der Waals surface area contributed by atoms with Crippen LogP contribution in [0.1, 0.15) is 10.4 Å². The summed E-state index contributed by atoms with van der Waals surface area (Å²) in [5, 5.41) is 1.01. The molecule has 148 valence electrons. The summed E-state index contributed by atoms with van der Waals surface area (Å²) in [7, 11) is 4.95. The molecule has 0 saturated carbocycles. The Labute approximate surface area is 174 Å². The molecule has 0 N–H and O–H groups in total. The molecule has 0 spiro atoms. The minimum Gasteiger partial charge on any atom is -0.497 e. The quantitative estimate of drug-likeness (QED) is 0.360. The van der Waals surface area contributed by atoms with Crippen molar-refractivity contribution >= 4 is 21.4 Å². The SMILES string of the molecule is COc1ccc(Oc2c(Cc3ccccc3)sc3cc(OC)c(OC)cc23)cc1. The zero-order valence-corrected chi connectivity index (χ0v) is 17.4. The van der Waals surface area contributed by atoms with Crippen LogP contribution >= 0.6 is 11.3 Å². The normalized spacial score (nSPS) is 10.7. The average Bonchev–Trinajstić information content (AvgIpc) is 3.09. The van der Waals surface area contributed by atoms with E-state index in [2.05, 4.69) is 24.3 Å². The molecule has 0 fully saturated rings. The predicted octanol–water partition coefficient (Wildman–Crippen LogP) is 6.31. The van der Waals surface area contributed by atoms with E-state index in [1.165, 1.54) is 5.56 Å². The van der Waals surface area contributed by atoms with Crippen LogP contribution in [0.2, 0.25) is 0 Å². The summed E-state index contributed by atoms with van der Waals surface area (Å²) in [5.74, 6) is 3.80. The standard InChI is InChI=1S/C24H22O4S/c1-25-17-9-11-18(12-10-17)28-24-19-14-20(26-2)21(27-3)15-22(19)29-23(24)13-16-7-5-4-6-8-16/h4-12,14-15H,13H2,1-3H3. The summed E-state index contributed by atoms with van der Waals surface area (Å²) in [6.45, 7) is 0. The van der Waals surface area contributed by atoms with Gasteiger partial charge in [0, 0.05) is 22.6 Å². The van der Waals surface area contributed by atoms with Gasteiger partial charge in [-0.2, -0.15) is 0 Å². The van der Waals surface area contributed by atoms with Gasteiger partial charge in [0.15, 0.2) is 11.5 Å². The van der Waals surface area contributed by atoms with Gasteiger partial charge in [0.1, 0.15) is 17.2 Å². The number of thiophene rings is 1. The van der Waals surface area contributed by atoms with Crippen molar-refractivity contribution in [2.24, 2.45) is 0 Å². The van der Waals surface area contributed by atoms with Crippen LogP contribution in [0, 0.1) is 0 Å². The third-order valence-corrected chi connectivity index (χ3v) is 5.84. The molecule has 1 aromatic heterocycles. The summed E-state index contributed by atoms with van der Waals surface area (Å²) in [4.78, 5) is 1.15. The maximum absolute atomic E-state index is 6.37. The Morgan fingerprint density at radius 2 is 1.38 bits per heavy atom. The monoisotopic (exact) mass is 406 g/mol. The lowest BCUT2D eigenvalue weighted by molar-refractivity contribution is 0.356. The molecule has 4 aromatic rings. The molecule has 0 aliphatic carbocycles. The molecule has 0 saturated heterocycles. The van der Waals surface area contributed by atoms with E-state index in [9.17, 15) is 0 Å². The lowest BCUT2D eigenvalue weighted by atomic mass is 10.1. The largest absolute Gasteiger partial charge is 0.497 e. The lowest BCUT2D eigenvalue weighted by Gasteiger charge is -2.10. The van der Waals surface area contributed by atoms with Gasteiger partial charge in [0.05, 0.1) is 26.2 Å².